The van der Waals surface area contributed by atoms with Crippen LogP contribution in [0.1, 0.15) is 49.9 Å². The lowest BCUT2D eigenvalue weighted by atomic mass is 10.0. The summed E-state index contributed by atoms with van der Waals surface area (Å²) < 4.78 is 5.72. The highest BCUT2D eigenvalue weighted by Gasteiger charge is 2.26. The summed E-state index contributed by atoms with van der Waals surface area (Å²) in [5, 5.41) is 13.4. The molecule has 0 saturated carbocycles. The number of fused-ring (bicyclic) bond motifs is 1. The van der Waals surface area contributed by atoms with Gasteiger partial charge < -0.3 is 10.1 Å². The molecule has 152 valence electrons. The van der Waals surface area contributed by atoms with Crippen LogP contribution in [0.3, 0.4) is 0 Å². The van der Waals surface area contributed by atoms with E-state index in [1.807, 2.05) is 44.3 Å². The summed E-state index contributed by atoms with van der Waals surface area (Å²) in [6.45, 7) is 5.44. The Labute approximate surface area is 180 Å². The molecular weight excluding hydrogens is 394 g/mol. The van der Waals surface area contributed by atoms with E-state index in [1.165, 1.54) is 16.7 Å². The summed E-state index contributed by atoms with van der Waals surface area (Å²) in [5.74, 6) is 0.592. The van der Waals surface area contributed by atoms with Crippen LogP contribution in [-0.4, -0.2) is 17.0 Å². The number of benzene rings is 2. The van der Waals surface area contributed by atoms with Crippen LogP contribution in [0.4, 0.5) is 0 Å². The first-order chi connectivity index (χ1) is 14.5. The van der Waals surface area contributed by atoms with Crippen LogP contribution >= 0.6 is 11.3 Å². The molecule has 1 aliphatic carbocycles. The van der Waals surface area contributed by atoms with Crippen molar-refractivity contribution >= 4 is 17.2 Å². The Morgan fingerprint density at radius 1 is 1.33 bits per heavy atom. The molecule has 30 heavy (non-hydrogen) atoms. The van der Waals surface area contributed by atoms with E-state index in [-0.39, 0.29) is 18.1 Å². The lowest BCUT2D eigenvalue weighted by molar-refractivity contribution is -0.119. The molecule has 1 aromatic heterocycles. The molecule has 5 nitrogen and oxygen atoms in total. The Balaban J connectivity index is 1.66. The van der Waals surface area contributed by atoms with Gasteiger partial charge in [-0.25, -0.2) is 4.98 Å². The molecule has 1 heterocycles. The van der Waals surface area contributed by atoms with Crippen LogP contribution < -0.4 is 10.1 Å². The van der Waals surface area contributed by atoms with E-state index in [0.29, 0.717) is 11.3 Å². The third-order valence-electron chi connectivity index (χ3n) is 5.13. The molecular formula is C24H23N3O2S. The van der Waals surface area contributed by atoms with E-state index >= 15 is 0 Å². The largest absolute Gasteiger partial charge is 0.490 e. The number of nitrogens with zero attached hydrogens (tertiary/aromatic N) is 2. The number of amides is 1. The summed E-state index contributed by atoms with van der Waals surface area (Å²) in [4.78, 5) is 17.2. The number of carbonyl (C=O) groups is 1. The zero-order valence-electron chi connectivity index (χ0n) is 17.2. The number of nitrogens with one attached hydrogen (secondary N) is 1. The zero-order valence-corrected chi connectivity index (χ0v) is 18.0. The van der Waals surface area contributed by atoms with E-state index in [2.05, 4.69) is 28.5 Å². The molecule has 1 aliphatic rings. The third kappa shape index (κ3) is 3.94. The summed E-state index contributed by atoms with van der Waals surface area (Å²) in [7, 11) is 0. The first kappa shape index (κ1) is 20.1. The Morgan fingerprint density at radius 3 is 2.90 bits per heavy atom. The van der Waals surface area contributed by atoms with Gasteiger partial charge in [-0.05, 0) is 61.6 Å². The van der Waals surface area contributed by atoms with Crippen LogP contribution in [0, 0.1) is 11.3 Å². The standard InChI is InChI=1S/C24H23N3O2S/c1-14(2)29-22-10-7-16(11-17(22)12-25)24-26-13-23(30-24)20-6-4-5-19-18(20)8-9-21(19)27-15(3)28/h4-7,10-11,13-14,21H,8-9H2,1-3H3,(H,27,28)/t21-/m1/s1. The van der Waals surface area contributed by atoms with Gasteiger partial charge in [0.1, 0.15) is 16.8 Å². The number of nitriles is 1. The number of thiazole rings is 1. The van der Waals surface area contributed by atoms with E-state index in [0.717, 1.165) is 28.3 Å². The van der Waals surface area contributed by atoms with Crippen molar-refractivity contribution in [1.82, 2.24) is 10.3 Å². The topological polar surface area (TPSA) is 75.0 Å². The molecule has 0 fully saturated rings. The second kappa shape index (κ2) is 8.29. The molecule has 0 bridgehead atoms. The fourth-order valence-electron chi connectivity index (χ4n) is 3.92. The molecule has 4 rings (SSSR count). The lowest BCUT2D eigenvalue weighted by Crippen LogP contribution is -2.24. The van der Waals surface area contributed by atoms with Gasteiger partial charge in [-0.2, -0.15) is 5.26 Å². The average Bonchev–Trinajstić information content (AvgIpc) is 3.35. The fraction of sp³-hybridized carbons (Fsp3) is 0.292. The van der Waals surface area contributed by atoms with Gasteiger partial charge in [0.25, 0.3) is 0 Å². The number of hydrogen-bond donors (Lipinski definition) is 1. The van der Waals surface area contributed by atoms with Gasteiger partial charge in [-0.1, -0.05) is 18.2 Å². The van der Waals surface area contributed by atoms with Gasteiger partial charge in [0.05, 0.1) is 22.6 Å². The second-order valence-electron chi connectivity index (χ2n) is 7.68. The Bertz CT molecular complexity index is 1140. The van der Waals surface area contributed by atoms with Crippen LogP contribution in [0.5, 0.6) is 5.75 Å². The number of ether oxygens (including phenoxy) is 1. The quantitative estimate of drug-likeness (QED) is 0.614. The van der Waals surface area contributed by atoms with E-state index in [9.17, 15) is 10.1 Å². The van der Waals surface area contributed by atoms with Crippen molar-refractivity contribution in [2.24, 2.45) is 0 Å². The van der Waals surface area contributed by atoms with Crippen LogP contribution in [0.15, 0.2) is 42.6 Å². The Morgan fingerprint density at radius 2 is 2.17 bits per heavy atom. The Kier molecular flexibility index (Phi) is 5.56. The van der Waals surface area contributed by atoms with Crippen molar-refractivity contribution in [3.8, 4) is 32.8 Å². The second-order valence-corrected chi connectivity index (χ2v) is 8.71. The molecule has 0 spiro atoms. The van der Waals surface area contributed by atoms with Crippen LogP contribution in [-0.2, 0) is 11.2 Å². The zero-order chi connectivity index (χ0) is 21.3. The molecule has 0 saturated heterocycles. The van der Waals surface area contributed by atoms with Gasteiger partial charge >= 0.3 is 0 Å². The van der Waals surface area contributed by atoms with Gasteiger partial charge in [0.2, 0.25) is 5.91 Å². The monoisotopic (exact) mass is 417 g/mol. The fourth-order valence-corrected chi connectivity index (χ4v) is 4.88. The third-order valence-corrected chi connectivity index (χ3v) is 6.21. The van der Waals surface area contributed by atoms with Gasteiger partial charge in [-0.3, -0.25) is 4.79 Å². The molecule has 0 unspecified atom stereocenters. The number of aromatic nitrogens is 1. The van der Waals surface area contributed by atoms with E-state index in [1.54, 1.807) is 18.3 Å². The highest BCUT2D eigenvalue weighted by Crippen LogP contribution is 2.41. The molecule has 6 heteroatoms. The van der Waals surface area contributed by atoms with Crippen molar-refractivity contribution in [1.29, 1.82) is 5.26 Å². The molecule has 1 amide bonds. The van der Waals surface area contributed by atoms with Gasteiger partial charge in [0, 0.05) is 18.7 Å². The number of carbonyl (C=O) groups excluding carboxylic acids is 1. The molecule has 3 aromatic rings. The molecule has 1 atom stereocenters. The highest BCUT2D eigenvalue weighted by molar-refractivity contribution is 7.18. The van der Waals surface area contributed by atoms with E-state index < -0.39 is 0 Å². The Hall–Kier alpha value is -3.17. The average molecular weight is 418 g/mol. The number of hydrogen-bond acceptors (Lipinski definition) is 5. The minimum Gasteiger partial charge on any atom is -0.490 e. The maximum atomic E-state index is 11.5. The summed E-state index contributed by atoms with van der Waals surface area (Å²) in [6, 6.07) is 14.2. The summed E-state index contributed by atoms with van der Waals surface area (Å²) in [6.07, 6.45) is 3.76. The molecule has 0 radical (unpaired) electrons. The predicted octanol–water partition coefficient (Wildman–Crippen LogP) is 5.26. The highest BCUT2D eigenvalue weighted by atomic mass is 32.1. The smallest absolute Gasteiger partial charge is 0.217 e. The molecule has 1 N–H and O–H groups in total. The van der Waals surface area contributed by atoms with Crippen molar-refractivity contribution in [3.63, 3.8) is 0 Å². The first-order valence-corrected chi connectivity index (χ1v) is 10.8. The first-order valence-electron chi connectivity index (χ1n) is 10.0. The summed E-state index contributed by atoms with van der Waals surface area (Å²) >= 11 is 1.61. The van der Waals surface area contributed by atoms with Crippen molar-refractivity contribution in [2.75, 3.05) is 0 Å². The number of rotatable bonds is 5. The van der Waals surface area contributed by atoms with Crippen molar-refractivity contribution in [3.05, 3.63) is 59.3 Å². The minimum absolute atomic E-state index is 0.00322. The van der Waals surface area contributed by atoms with E-state index in [4.69, 9.17) is 4.74 Å². The molecule has 2 aromatic carbocycles. The maximum absolute atomic E-state index is 11.5. The van der Waals surface area contributed by atoms with Crippen molar-refractivity contribution in [2.45, 2.75) is 45.8 Å². The minimum atomic E-state index is -0.00322. The van der Waals surface area contributed by atoms with Crippen LogP contribution in [0.25, 0.3) is 21.0 Å². The van der Waals surface area contributed by atoms with Crippen molar-refractivity contribution < 1.29 is 9.53 Å². The van der Waals surface area contributed by atoms with Gasteiger partial charge in [-0.15, -0.1) is 11.3 Å². The molecule has 0 aliphatic heterocycles. The van der Waals surface area contributed by atoms with Gasteiger partial charge in [0.15, 0.2) is 0 Å². The predicted molar refractivity (Wildman–Crippen MR) is 118 cm³/mol. The lowest BCUT2D eigenvalue weighted by Gasteiger charge is -2.13. The summed E-state index contributed by atoms with van der Waals surface area (Å²) in [5.41, 5.74) is 5.06. The normalized spacial score (nSPS) is 15.0. The van der Waals surface area contributed by atoms with Crippen LogP contribution in [0.2, 0.25) is 0 Å². The SMILES string of the molecule is CC(=O)N[C@@H]1CCc2c(-c3cnc(-c4ccc(OC(C)C)c(C#N)c4)s3)cccc21. The maximum Gasteiger partial charge on any atom is 0.217 e.